The molecule has 11 aromatic carbocycles. The van der Waals surface area contributed by atoms with Gasteiger partial charge in [-0.2, -0.15) is 0 Å². The second-order valence-corrected chi connectivity index (χ2v) is 17.2. The van der Waals surface area contributed by atoms with Crippen LogP contribution in [0.4, 0.5) is 17.1 Å². The number of furan rings is 2. The number of hydrogen-bond donors (Lipinski definition) is 0. The minimum Gasteiger partial charge on any atom is -0.456 e. The summed E-state index contributed by atoms with van der Waals surface area (Å²) >= 11 is 0. The van der Waals surface area contributed by atoms with Gasteiger partial charge in [-0.15, -0.1) is 0 Å². The van der Waals surface area contributed by atoms with Gasteiger partial charge in [0.05, 0.1) is 0 Å². The monoisotopic (exact) mass is 855 g/mol. The van der Waals surface area contributed by atoms with Crippen LogP contribution in [0.1, 0.15) is 0 Å². The highest BCUT2D eigenvalue weighted by Gasteiger charge is 2.23. The molecule has 0 aliphatic heterocycles. The third-order valence-electron chi connectivity index (χ3n) is 13.3. The van der Waals surface area contributed by atoms with Gasteiger partial charge in [-0.3, -0.25) is 0 Å². The van der Waals surface area contributed by atoms with Crippen LogP contribution >= 0.6 is 0 Å². The topological polar surface area (TPSA) is 29.5 Å². The summed E-state index contributed by atoms with van der Waals surface area (Å²) in [6.45, 7) is 0. The van der Waals surface area contributed by atoms with Crippen LogP contribution in [0.3, 0.4) is 0 Å². The van der Waals surface area contributed by atoms with Crippen LogP contribution in [-0.2, 0) is 0 Å². The van der Waals surface area contributed by atoms with Crippen molar-refractivity contribution >= 4 is 71.5 Å². The predicted molar refractivity (Wildman–Crippen MR) is 280 cm³/mol. The van der Waals surface area contributed by atoms with Gasteiger partial charge in [-0.05, 0) is 110 Å². The van der Waals surface area contributed by atoms with Gasteiger partial charge in [-0.1, -0.05) is 188 Å². The van der Waals surface area contributed by atoms with Gasteiger partial charge in [0.25, 0.3) is 0 Å². The zero-order valence-electron chi connectivity index (χ0n) is 36.4. The molecule has 0 aliphatic carbocycles. The molecule has 0 spiro atoms. The highest BCUT2D eigenvalue weighted by molar-refractivity contribution is 6.29. The molecule has 0 unspecified atom stereocenters. The molecule has 0 saturated carbocycles. The lowest BCUT2D eigenvalue weighted by Crippen LogP contribution is -2.09. The largest absolute Gasteiger partial charge is 0.456 e. The molecule has 314 valence electrons. The Kier molecular flexibility index (Phi) is 9.17. The molecule has 3 heteroatoms. The Morgan fingerprint density at radius 3 is 1.30 bits per heavy atom. The molecule has 13 rings (SSSR count). The lowest BCUT2D eigenvalue weighted by Gasteiger charge is -2.26. The van der Waals surface area contributed by atoms with Crippen molar-refractivity contribution in [1.82, 2.24) is 0 Å². The molecular formula is C64H41NO2. The van der Waals surface area contributed by atoms with Crippen molar-refractivity contribution in [2.45, 2.75) is 0 Å². The Bertz CT molecular complexity index is 3930. The first kappa shape index (κ1) is 38.5. The van der Waals surface area contributed by atoms with E-state index in [0.717, 1.165) is 94.5 Å². The number of benzene rings is 11. The van der Waals surface area contributed by atoms with E-state index in [9.17, 15) is 0 Å². The van der Waals surface area contributed by atoms with E-state index in [1.807, 2.05) is 6.07 Å². The molecule has 67 heavy (non-hydrogen) atoms. The number of fused-ring (bicyclic) bond motifs is 9. The molecule has 0 fully saturated rings. The van der Waals surface area contributed by atoms with E-state index in [1.54, 1.807) is 0 Å². The van der Waals surface area contributed by atoms with Gasteiger partial charge >= 0.3 is 0 Å². The molecule has 13 aromatic rings. The van der Waals surface area contributed by atoms with Gasteiger partial charge in [0.1, 0.15) is 22.5 Å². The number of nitrogens with zero attached hydrogens (tertiary/aromatic N) is 1. The van der Waals surface area contributed by atoms with E-state index < -0.39 is 0 Å². The normalized spacial score (nSPS) is 11.6. The molecule has 2 heterocycles. The van der Waals surface area contributed by atoms with Gasteiger partial charge in [0.15, 0.2) is 0 Å². The average Bonchev–Trinajstić information content (AvgIpc) is 3.99. The van der Waals surface area contributed by atoms with E-state index in [4.69, 9.17) is 8.83 Å². The summed E-state index contributed by atoms with van der Waals surface area (Å²) in [6, 6.07) is 88.5. The second-order valence-electron chi connectivity index (χ2n) is 17.2. The summed E-state index contributed by atoms with van der Waals surface area (Å²) < 4.78 is 13.7. The van der Waals surface area contributed by atoms with Crippen LogP contribution in [0.5, 0.6) is 0 Å². The minimum absolute atomic E-state index is 0.846. The van der Waals surface area contributed by atoms with Crippen molar-refractivity contribution in [3.8, 4) is 55.8 Å². The van der Waals surface area contributed by atoms with Crippen molar-refractivity contribution in [1.29, 1.82) is 0 Å². The van der Waals surface area contributed by atoms with Crippen LogP contribution in [0.25, 0.3) is 110 Å². The molecular weight excluding hydrogens is 815 g/mol. The minimum atomic E-state index is 0.846. The van der Waals surface area contributed by atoms with E-state index in [1.165, 1.54) is 32.8 Å². The number of anilines is 3. The first-order chi connectivity index (χ1) is 33.2. The first-order valence-electron chi connectivity index (χ1n) is 22.8. The Morgan fingerprint density at radius 2 is 0.672 bits per heavy atom. The van der Waals surface area contributed by atoms with Crippen LogP contribution in [0.2, 0.25) is 0 Å². The first-order valence-corrected chi connectivity index (χ1v) is 22.8. The third-order valence-corrected chi connectivity index (χ3v) is 13.3. The zero-order valence-corrected chi connectivity index (χ0v) is 36.4. The average molecular weight is 856 g/mol. The second kappa shape index (κ2) is 16.0. The number of rotatable bonds is 8. The van der Waals surface area contributed by atoms with Gasteiger partial charge in [0, 0.05) is 55.8 Å². The SMILES string of the molecule is c1ccc(-c2ccc(N(c3ccc(-c4ccc5c6ccccc6c6c(-c7ccccc7)c(-c7ccccc7)oc6c5c4)cc3)c3ccc4c(c3)oc3cc(-c5ccccc5)ccc34)cc2)cc1. The maximum atomic E-state index is 7.10. The third kappa shape index (κ3) is 6.67. The standard InChI is InChI=1S/C64H41NO2/c1-5-15-42(16-6-1)44-25-31-50(32-26-44)65(52-35-38-56-55-37-30-49(43-17-7-2-8-18-43)40-59(55)66-60(56)41-52)51-33-27-45(28-34-51)48-29-36-54-53-23-13-14-24-57(53)62-61(46-19-9-3-10-20-46)63(47-21-11-4-12-22-47)67-64(62)58(54)39-48/h1-41H. The molecule has 3 nitrogen and oxygen atoms in total. The molecule has 0 N–H and O–H groups in total. The fraction of sp³-hybridized carbons (Fsp3) is 0. The summed E-state index contributed by atoms with van der Waals surface area (Å²) in [5.41, 5.74) is 15.9. The van der Waals surface area contributed by atoms with E-state index in [0.29, 0.717) is 0 Å². The molecule has 0 aliphatic rings. The summed E-state index contributed by atoms with van der Waals surface area (Å²) in [7, 11) is 0. The molecule has 0 bridgehead atoms. The molecule has 0 radical (unpaired) electrons. The number of hydrogen-bond acceptors (Lipinski definition) is 3. The fourth-order valence-electron chi connectivity index (χ4n) is 10.0. The molecule has 2 aromatic heterocycles. The Balaban J connectivity index is 0.937. The quantitative estimate of drug-likeness (QED) is 0.143. The van der Waals surface area contributed by atoms with E-state index in [-0.39, 0.29) is 0 Å². The van der Waals surface area contributed by atoms with Crippen LogP contribution < -0.4 is 4.90 Å². The van der Waals surface area contributed by atoms with Gasteiger partial charge in [-0.25, -0.2) is 0 Å². The van der Waals surface area contributed by atoms with Crippen molar-refractivity contribution in [3.63, 3.8) is 0 Å². The summed E-state index contributed by atoms with van der Waals surface area (Å²) in [5.74, 6) is 0.879. The van der Waals surface area contributed by atoms with Crippen molar-refractivity contribution < 1.29 is 8.83 Å². The zero-order chi connectivity index (χ0) is 44.3. The van der Waals surface area contributed by atoms with Crippen LogP contribution in [-0.4, -0.2) is 0 Å². The highest BCUT2D eigenvalue weighted by atomic mass is 16.3. The van der Waals surface area contributed by atoms with Crippen molar-refractivity contribution in [3.05, 3.63) is 249 Å². The van der Waals surface area contributed by atoms with E-state index in [2.05, 4.69) is 248 Å². The van der Waals surface area contributed by atoms with Crippen LogP contribution in [0, 0.1) is 0 Å². The lowest BCUT2D eigenvalue weighted by molar-refractivity contribution is 0.636. The van der Waals surface area contributed by atoms with E-state index >= 15 is 0 Å². The van der Waals surface area contributed by atoms with Crippen molar-refractivity contribution in [2.24, 2.45) is 0 Å². The smallest absolute Gasteiger partial charge is 0.143 e. The maximum absolute atomic E-state index is 7.10. The predicted octanol–water partition coefficient (Wildman–Crippen LogP) is 18.4. The molecule has 0 saturated heterocycles. The Labute approximate surface area is 388 Å². The summed E-state index contributed by atoms with van der Waals surface area (Å²) in [6.07, 6.45) is 0. The Morgan fingerprint density at radius 1 is 0.254 bits per heavy atom. The highest BCUT2D eigenvalue weighted by Crippen LogP contribution is 2.48. The summed E-state index contributed by atoms with van der Waals surface area (Å²) in [5, 5.41) is 7.97. The van der Waals surface area contributed by atoms with Crippen LogP contribution in [0.15, 0.2) is 258 Å². The molecule has 0 amide bonds. The molecule has 0 atom stereocenters. The van der Waals surface area contributed by atoms with Gasteiger partial charge in [0.2, 0.25) is 0 Å². The fourth-order valence-corrected chi connectivity index (χ4v) is 10.0. The summed E-state index contributed by atoms with van der Waals surface area (Å²) in [4.78, 5) is 2.32. The lowest BCUT2D eigenvalue weighted by atomic mass is 9.91. The van der Waals surface area contributed by atoms with Gasteiger partial charge < -0.3 is 13.7 Å². The van der Waals surface area contributed by atoms with Crippen molar-refractivity contribution in [2.75, 3.05) is 4.90 Å². The Hall–Kier alpha value is -8.92. The maximum Gasteiger partial charge on any atom is 0.143 e.